The van der Waals surface area contributed by atoms with Crippen LogP contribution in [0, 0.1) is 0 Å². The van der Waals surface area contributed by atoms with Crippen molar-refractivity contribution in [3.8, 4) is 0 Å². The number of primary amides is 1. The van der Waals surface area contributed by atoms with Crippen molar-refractivity contribution in [3.63, 3.8) is 0 Å². The van der Waals surface area contributed by atoms with Gasteiger partial charge in [-0.3, -0.25) is 4.79 Å². The van der Waals surface area contributed by atoms with Crippen LogP contribution in [-0.2, 0) is 4.79 Å². The molecule has 0 aliphatic rings. The SMILES string of the molecule is C/C=C(/F)C(N)=O. The van der Waals surface area contributed by atoms with Crippen LogP contribution in [-0.4, -0.2) is 5.91 Å². The van der Waals surface area contributed by atoms with Gasteiger partial charge in [-0.25, -0.2) is 4.39 Å². The lowest BCUT2D eigenvalue weighted by atomic mass is 10.5. The second-order valence-corrected chi connectivity index (χ2v) is 1.00. The molecular formula is C4H6FNO. The Bertz CT molecular complexity index is 108. The minimum atomic E-state index is -1.01. The van der Waals surface area contributed by atoms with Crippen LogP contribution < -0.4 is 5.73 Å². The fraction of sp³-hybridized carbons (Fsp3) is 0.250. The Balaban J connectivity index is 3.82. The maximum Gasteiger partial charge on any atom is 0.277 e. The number of hydrogen-bond donors (Lipinski definition) is 1. The largest absolute Gasteiger partial charge is 0.364 e. The van der Waals surface area contributed by atoms with Gasteiger partial charge in [-0.1, -0.05) is 0 Å². The van der Waals surface area contributed by atoms with Gasteiger partial charge in [0, 0.05) is 0 Å². The van der Waals surface area contributed by atoms with E-state index < -0.39 is 11.7 Å². The van der Waals surface area contributed by atoms with Crippen LogP contribution in [0.4, 0.5) is 4.39 Å². The highest BCUT2D eigenvalue weighted by Crippen LogP contribution is 1.90. The maximum atomic E-state index is 11.6. The minimum Gasteiger partial charge on any atom is -0.364 e. The van der Waals surface area contributed by atoms with E-state index in [4.69, 9.17) is 0 Å². The number of allylic oxidation sites excluding steroid dienone is 1. The molecule has 0 aliphatic carbocycles. The van der Waals surface area contributed by atoms with E-state index in [-0.39, 0.29) is 0 Å². The smallest absolute Gasteiger partial charge is 0.277 e. The van der Waals surface area contributed by atoms with Crippen molar-refractivity contribution in [3.05, 3.63) is 11.9 Å². The Hall–Kier alpha value is -0.860. The van der Waals surface area contributed by atoms with E-state index in [1.807, 2.05) is 0 Å². The molecule has 2 nitrogen and oxygen atoms in total. The molecular weight excluding hydrogens is 97.0 g/mol. The number of carbonyl (C=O) groups excluding carboxylic acids is 1. The monoisotopic (exact) mass is 103 g/mol. The number of carbonyl (C=O) groups is 1. The Morgan fingerprint density at radius 1 is 1.86 bits per heavy atom. The molecule has 0 saturated carbocycles. The zero-order valence-electron chi connectivity index (χ0n) is 3.94. The fourth-order valence-electron chi connectivity index (χ4n) is 0.142. The molecule has 0 fully saturated rings. The van der Waals surface area contributed by atoms with Crippen LogP contribution in [0.2, 0.25) is 0 Å². The third-order valence-electron chi connectivity index (χ3n) is 0.489. The first-order chi connectivity index (χ1) is 3.18. The van der Waals surface area contributed by atoms with Gasteiger partial charge in [0.05, 0.1) is 0 Å². The molecule has 0 aromatic heterocycles. The van der Waals surface area contributed by atoms with Crippen LogP contribution in [0.15, 0.2) is 11.9 Å². The number of amides is 1. The maximum absolute atomic E-state index is 11.6. The first kappa shape index (κ1) is 6.14. The summed E-state index contributed by atoms with van der Waals surface area (Å²) in [6, 6.07) is 0. The van der Waals surface area contributed by atoms with E-state index >= 15 is 0 Å². The molecule has 0 radical (unpaired) electrons. The molecule has 0 rings (SSSR count). The number of halogens is 1. The van der Waals surface area contributed by atoms with Gasteiger partial charge in [0.2, 0.25) is 0 Å². The molecule has 0 atom stereocenters. The molecule has 1 amide bonds. The molecule has 0 unspecified atom stereocenters. The average molecular weight is 103 g/mol. The Morgan fingerprint density at radius 3 is 2.29 bits per heavy atom. The molecule has 0 heterocycles. The summed E-state index contributed by atoms with van der Waals surface area (Å²) in [5.41, 5.74) is 4.46. The highest BCUT2D eigenvalue weighted by atomic mass is 19.1. The van der Waals surface area contributed by atoms with Gasteiger partial charge in [-0.05, 0) is 13.0 Å². The lowest BCUT2D eigenvalue weighted by molar-refractivity contribution is -0.115. The first-order valence-corrected chi connectivity index (χ1v) is 1.80. The fourth-order valence-corrected chi connectivity index (χ4v) is 0.142. The molecule has 0 aliphatic heterocycles. The molecule has 0 bridgehead atoms. The average Bonchev–Trinajstić information content (AvgIpc) is 1.65. The van der Waals surface area contributed by atoms with Gasteiger partial charge in [0.15, 0.2) is 5.83 Å². The van der Waals surface area contributed by atoms with Crippen molar-refractivity contribution in [1.82, 2.24) is 0 Å². The van der Waals surface area contributed by atoms with Crippen LogP contribution in [0.5, 0.6) is 0 Å². The van der Waals surface area contributed by atoms with E-state index in [0.29, 0.717) is 0 Å². The summed E-state index contributed by atoms with van der Waals surface area (Å²) in [6.45, 7) is 1.40. The Morgan fingerprint density at radius 2 is 2.29 bits per heavy atom. The van der Waals surface area contributed by atoms with E-state index in [9.17, 15) is 9.18 Å². The van der Waals surface area contributed by atoms with Gasteiger partial charge >= 0.3 is 0 Å². The molecule has 0 saturated heterocycles. The van der Waals surface area contributed by atoms with E-state index in [0.717, 1.165) is 6.08 Å². The quantitative estimate of drug-likeness (QED) is 0.478. The Kier molecular flexibility index (Phi) is 2.05. The second-order valence-electron chi connectivity index (χ2n) is 1.00. The summed E-state index contributed by atoms with van der Waals surface area (Å²) in [7, 11) is 0. The lowest BCUT2D eigenvalue weighted by Crippen LogP contribution is -2.10. The summed E-state index contributed by atoms with van der Waals surface area (Å²) < 4.78 is 11.6. The summed E-state index contributed by atoms with van der Waals surface area (Å²) in [5.74, 6) is -1.90. The highest BCUT2D eigenvalue weighted by molar-refractivity contribution is 5.89. The normalized spacial score (nSPS) is 11.4. The lowest BCUT2D eigenvalue weighted by Gasteiger charge is -1.80. The van der Waals surface area contributed by atoms with Crippen LogP contribution >= 0.6 is 0 Å². The minimum absolute atomic E-state index is 0.889. The summed E-state index contributed by atoms with van der Waals surface area (Å²) in [4.78, 5) is 9.71. The highest BCUT2D eigenvalue weighted by Gasteiger charge is 1.96. The molecule has 3 heteroatoms. The van der Waals surface area contributed by atoms with E-state index in [2.05, 4.69) is 5.73 Å². The van der Waals surface area contributed by atoms with Crippen molar-refractivity contribution >= 4 is 5.91 Å². The molecule has 40 valence electrons. The molecule has 0 spiro atoms. The summed E-state index contributed by atoms with van der Waals surface area (Å²) >= 11 is 0. The van der Waals surface area contributed by atoms with Crippen molar-refractivity contribution in [2.24, 2.45) is 5.73 Å². The topological polar surface area (TPSA) is 43.1 Å². The van der Waals surface area contributed by atoms with E-state index in [1.54, 1.807) is 0 Å². The van der Waals surface area contributed by atoms with Crippen LogP contribution in [0.25, 0.3) is 0 Å². The Labute approximate surface area is 40.8 Å². The van der Waals surface area contributed by atoms with Crippen molar-refractivity contribution in [2.75, 3.05) is 0 Å². The van der Waals surface area contributed by atoms with Crippen molar-refractivity contribution < 1.29 is 9.18 Å². The zero-order valence-corrected chi connectivity index (χ0v) is 3.94. The van der Waals surface area contributed by atoms with E-state index in [1.165, 1.54) is 6.92 Å². The predicted molar refractivity (Wildman–Crippen MR) is 24.1 cm³/mol. The van der Waals surface area contributed by atoms with Crippen LogP contribution in [0.1, 0.15) is 6.92 Å². The number of hydrogen-bond acceptors (Lipinski definition) is 1. The third-order valence-corrected chi connectivity index (χ3v) is 0.489. The van der Waals surface area contributed by atoms with Crippen LogP contribution in [0.3, 0.4) is 0 Å². The number of rotatable bonds is 1. The summed E-state index contributed by atoms with van der Waals surface area (Å²) in [6.07, 6.45) is 1.02. The molecule has 0 aromatic rings. The second kappa shape index (κ2) is 2.34. The summed E-state index contributed by atoms with van der Waals surface area (Å²) in [5, 5.41) is 0. The van der Waals surface area contributed by atoms with Gasteiger partial charge < -0.3 is 5.73 Å². The van der Waals surface area contributed by atoms with Gasteiger partial charge in [0.1, 0.15) is 0 Å². The predicted octanol–water partition coefficient (Wildman–Crippen LogP) is 0.345. The third kappa shape index (κ3) is 1.92. The standard InChI is InChI=1S/C4H6FNO/c1-2-3(5)4(6)7/h2H,1H3,(H2,6,7)/b3-2+. The van der Waals surface area contributed by atoms with Gasteiger partial charge in [-0.2, -0.15) is 0 Å². The van der Waals surface area contributed by atoms with Gasteiger partial charge in [0.25, 0.3) is 5.91 Å². The van der Waals surface area contributed by atoms with Crippen molar-refractivity contribution in [1.29, 1.82) is 0 Å². The molecule has 7 heavy (non-hydrogen) atoms. The first-order valence-electron chi connectivity index (χ1n) is 1.80. The van der Waals surface area contributed by atoms with Gasteiger partial charge in [-0.15, -0.1) is 0 Å². The molecule has 2 N–H and O–H groups in total. The molecule has 0 aromatic carbocycles. The number of nitrogens with two attached hydrogens (primary N) is 1. The van der Waals surface area contributed by atoms with Crippen molar-refractivity contribution in [2.45, 2.75) is 6.92 Å². The zero-order chi connectivity index (χ0) is 5.86.